The van der Waals surface area contributed by atoms with Gasteiger partial charge in [0.05, 0.1) is 9.67 Å². The van der Waals surface area contributed by atoms with Gasteiger partial charge in [-0.05, 0) is 33.8 Å². The fourth-order valence-electron chi connectivity index (χ4n) is 2.05. The van der Waals surface area contributed by atoms with Crippen LogP contribution in [0.3, 0.4) is 0 Å². The van der Waals surface area contributed by atoms with Crippen molar-refractivity contribution in [1.29, 1.82) is 0 Å². The van der Waals surface area contributed by atoms with Gasteiger partial charge in [0.25, 0.3) is 0 Å². The van der Waals surface area contributed by atoms with Crippen molar-refractivity contribution in [3.05, 3.63) is 14.7 Å². The molecule has 1 aromatic heterocycles. The summed E-state index contributed by atoms with van der Waals surface area (Å²) >= 11 is 10.5. The summed E-state index contributed by atoms with van der Waals surface area (Å²) in [4.78, 5) is 1.21. The van der Waals surface area contributed by atoms with E-state index in [9.17, 15) is 8.42 Å². The van der Waals surface area contributed by atoms with Gasteiger partial charge in [0.15, 0.2) is 0 Å². The van der Waals surface area contributed by atoms with Gasteiger partial charge in [-0.2, -0.15) is 4.31 Å². The third-order valence-corrected chi connectivity index (χ3v) is 7.94. The van der Waals surface area contributed by atoms with E-state index in [4.69, 9.17) is 11.6 Å². The minimum atomic E-state index is -3.39. The van der Waals surface area contributed by atoms with Gasteiger partial charge in [-0.1, -0.05) is 13.8 Å². The lowest BCUT2D eigenvalue weighted by molar-refractivity contribution is 0.463. The highest BCUT2D eigenvalue weighted by molar-refractivity contribution is 9.11. The van der Waals surface area contributed by atoms with Crippen molar-refractivity contribution in [2.75, 3.05) is 13.1 Å². The van der Waals surface area contributed by atoms with Crippen LogP contribution in [0.25, 0.3) is 0 Å². The van der Waals surface area contributed by atoms with E-state index in [0.29, 0.717) is 39.5 Å². The topological polar surface area (TPSA) is 37.4 Å². The van der Waals surface area contributed by atoms with E-state index in [0.717, 1.165) is 4.88 Å². The van der Waals surface area contributed by atoms with Gasteiger partial charge < -0.3 is 0 Å². The lowest BCUT2D eigenvalue weighted by atomic mass is 10.0. The van der Waals surface area contributed by atoms with E-state index in [1.807, 2.05) is 0 Å². The average molecular weight is 373 g/mol. The number of nitrogens with zero attached hydrogens (tertiary/aromatic N) is 1. The van der Waals surface area contributed by atoms with Crippen molar-refractivity contribution in [3.8, 4) is 0 Å². The molecule has 0 aromatic carbocycles. The number of sulfonamides is 1. The van der Waals surface area contributed by atoms with Gasteiger partial charge in [-0.25, -0.2) is 8.42 Å². The van der Waals surface area contributed by atoms with E-state index >= 15 is 0 Å². The Bertz CT molecular complexity index is 533. The van der Waals surface area contributed by atoms with Gasteiger partial charge in [-0.3, -0.25) is 0 Å². The first kappa shape index (κ1) is 14.8. The molecule has 1 fully saturated rings. The van der Waals surface area contributed by atoms with Crippen LogP contribution in [0, 0.1) is 11.8 Å². The minimum absolute atomic E-state index is 0.339. The van der Waals surface area contributed by atoms with Crippen molar-refractivity contribution in [1.82, 2.24) is 4.31 Å². The molecule has 2 atom stereocenters. The van der Waals surface area contributed by atoms with E-state index in [1.165, 1.54) is 11.3 Å². The van der Waals surface area contributed by atoms with Crippen molar-refractivity contribution < 1.29 is 8.42 Å². The molecule has 0 bridgehead atoms. The van der Waals surface area contributed by atoms with E-state index in [-0.39, 0.29) is 0 Å². The molecule has 1 aromatic rings. The smallest absolute Gasteiger partial charge is 0.207 e. The predicted octanol–water partition coefficient (Wildman–Crippen LogP) is 3.53. The molecule has 0 spiro atoms. The van der Waals surface area contributed by atoms with Crippen LogP contribution in [0.2, 0.25) is 0 Å². The SMILES string of the molecule is CC1CN(S(=O)(=O)c2cc(CCl)sc2Br)CC1C. The zero-order valence-electron chi connectivity index (χ0n) is 10.2. The summed E-state index contributed by atoms with van der Waals surface area (Å²) in [6.45, 7) is 5.38. The Labute approximate surface area is 125 Å². The maximum absolute atomic E-state index is 12.5. The molecule has 7 heteroatoms. The number of alkyl halides is 1. The first-order chi connectivity index (χ1) is 8.36. The van der Waals surface area contributed by atoms with E-state index in [2.05, 4.69) is 29.8 Å². The fraction of sp³-hybridized carbons (Fsp3) is 0.636. The zero-order chi connectivity index (χ0) is 13.5. The Morgan fingerprint density at radius 3 is 2.44 bits per heavy atom. The molecule has 0 N–H and O–H groups in total. The molecule has 0 saturated carbocycles. The molecule has 0 amide bonds. The highest BCUT2D eigenvalue weighted by Gasteiger charge is 2.36. The molecule has 2 heterocycles. The summed E-state index contributed by atoms with van der Waals surface area (Å²) in [5.41, 5.74) is 0. The van der Waals surface area contributed by atoms with Crippen molar-refractivity contribution >= 4 is 48.9 Å². The third-order valence-electron chi connectivity index (χ3n) is 3.41. The molecule has 102 valence electrons. The summed E-state index contributed by atoms with van der Waals surface area (Å²) in [5.74, 6) is 1.15. The number of thiophene rings is 1. The van der Waals surface area contributed by atoms with E-state index < -0.39 is 10.0 Å². The van der Waals surface area contributed by atoms with Crippen molar-refractivity contribution in [2.45, 2.75) is 24.6 Å². The summed E-state index contributed by atoms with van der Waals surface area (Å²) in [6, 6.07) is 1.67. The fourth-order valence-corrected chi connectivity index (χ4v) is 6.42. The molecule has 18 heavy (non-hydrogen) atoms. The normalized spacial score (nSPS) is 25.8. The Kier molecular flexibility index (Phi) is 4.44. The predicted molar refractivity (Wildman–Crippen MR) is 78.7 cm³/mol. The molecule has 1 saturated heterocycles. The maximum atomic E-state index is 12.5. The molecule has 0 aliphatic carbocycles. The van der Waals surface area contributed by atoms with E-state index in [1.54, 1.807) is 10.4 Å². The first-order valence-corrected chi connectivity index (χ1v) is 9.29. The molecule has 2 unspecified atom stereocenters. The van der Waals surface area contributed by atoms with Gasteiger partial charge >= 0.3 is 0 Å². The van der Waals surface area contributed by atoms with Crippen LogP contribution in [0.1, 0.15) is 18.7 Å². The standard InChI is InChI=1S/C11H15BrClNO2S2/c1-7-5-14(6-8(7)2)18(15,16)10-3-9(4-13)17-11(10)12/h3,7-8H,4-6H2,1-2H3. The third kappa shape index (κ3) is 2.63. The van der Waals surface area contributed by atoms with Crippen LogP contribution < -0.4 is 0 Å². The Morgan fingerprint density at radius 2 is 2.00 bits per heavy atom. The van der Waals surface area contributed by atoms with Gasteiger partial charge in [0.1, 0.15) is 4.90 Å². The first-order valence-electron chi connectivity index (χ1n) is 5.70. The van der Waals surface area contributed by atoms with Crippen LogP contribution in [-0.4, -0.2) is 25.8 Å². The zero-order valence-corrected chi connectivity index (χ0v) is 14.2. The van der Waals surface area contributed by atoms with Gasteiger partial charge in [0.2, 0.25) is 10.0 Å². The number of rotatable bonds is 3. The minimum Gasteiger partial charge on any atom is -0.207 e. The van der Waals surface area contributed by atoms with Gasteiger partial charge in [0, 0.05) is 18.0 Å². The maximum Gasteiger partial charge on any atom is 0.245 e. The molecule has 1 aliphatic rings. The Balaban J connectivity index is 2.34. The largest absolute Gasteiger partial charge is 0.245 e. The number of hydrogen-bond acceptors (Lipinski definition) is 3. The summed E-state index contributed by atoms with van der Waals surface area (Å²) in [6.07, 6.45) is 0. The summed E-state index contributed by atoms with van der Waals surface area (Å²) in [5, 5.41) is 0. The second-order valence-electron chi connectivity index (χ2n) is 4.76. The van der Waals surface area contributed by atoms with Crippen LogP contribution in [0.5, 0.6) is 0 Å². The number of halogens is 2. The summed E-state index contributed by atoms with van der Waals surface area (Å²) in [7, 11) is -3.39. The molecule has 3 nitrogen and oxygen atoms in total. The average Bonchev–Trinajstić information content (AvgIpc) is 2.84. The van der Waals surface area contributed by atoms with Crippen molar-refractivity contribution in [3.63, 3.8) is 0 Å². The molecular weight excluding hydrogens is 358 g/mol. The van der Waals surface area contributed by atoms with Gasteiger partial charge in [-0.15, -0.1) is 22.9 Å². The molecule has 1 aliphatic heterocycles. The quantitative estimate of drug-likeness (QED) is 0.761. The molecule has 0 radical (unpaired) electrons. The second kappa shape index (κ2) is 5.40. The lowest BCUT2D eigenvalue weighted by Gasteiger charge is -2.15. The highest BCUT2D eigenvalue weighted by atomic mass is 79.9. The number of hydrogen-bond donors (Lipinski definition) is 0. The molecule has 2 rings (SSSR count). The lowest BCUT2D eigenvalue weighted by Crippen LogP contribution is -2.29. The second-order valence-corrected chi connectivity index (χ2v) is 9.39. The van der Waals surface area contributed by atoms with Crippen LogP contribution in [0.4, 0.5) is 0 Å². The highest BCUT2D eigenvalue weighted by Crippen LogP contribution is 2.36. The van der Waals surface area contributed by atoms with Crippen LogP contribution >= 0.6 is 38.9 Å². The Morgan fingerprint density at radius 1 is 1.44 bits per heavy atom. The monoisotopic (exact) mass is 371 g/mol. The Hall–Kier alpha value is 0.380. The van der Waals surface area contributed by atoms with Crippen molar-refractivity contribution in [2.24, 2.45) is 11.8 Å². The molecular formula is C11H15BrClNO2S2. The van der Waals surface area contributed by atoms with Crippen LogP contribution in [0.15, 0.2) is 14.7 Å². The summed E-state index contributed by atoms with van der Waals surface area (Å²) < 4.78 is 27.3. The van der Waals surface area contributed by atoms with Crippen LogP contribution in [-0.2, 0) is 15.9 Å².